The van der Waals surface area contributed by atoms with Crippen molar-refractivity contribution >= 4 is 31.6 Å². The van der Waals surface area contributed by atoms with Crippen LogP contribution in [0.1, 0.15) is 24.8 Å². The molecule has 1 N–H and O–H groups in total. The lowest BCUT2D eigenvalue weighted by molar-refractivity contribution is -0.385. The van der Waals surface area contributed by atoms with E-state index in [0.717, 1.165) is 25.3 Å². The van der Waals surface area contributed by atoms with Gasteiger partial charge < -0.3 is 0 Å². The van der Waals surface area contributed by atoms with Crippen molar-refractivity contribution in [2.24, 2.45) is 0 Å². The van der Waals surface area contributed by atoms with E-state index in [0.29, 0.717) is 5.56 Å². The number of benzene rings is 1. The summed E-state index contributed by atoms with van der Waals surface area (Å²) in [6.45, 7) is 1.58. The summed E-state index contributed by atoms with van der Waals surface area (Å²) < 4.78 is 27.1. The molecule has 2 unspecified atom stereocenters. The quantitative estimate of drug-likeness (QED) is 0.506. The molecule has 2 atom stereocenters. The van der Waals surface area contributed by atoms with Gasteiger partial charge in [-0.3, -0.25) is 10.1 Å². The van der Waals surface area contributed by atoms with Gasteiger partial charge in [0.1, 0.15) is 0 Å². The Labute approximate surface area is 125 Å². The highest BCUT2D eigenvalue weighted by Crippen LogP contribution is 2.28. The maximum absolute atomic E-state index is 12.3. The van der Waals surface area contributed by atoms with Crippen LogP contribution in [0.3, 0.4) is 0 Å². The van der Waals surface area contributed by atoms with Crippen LogP contribution in [0, 0.1) is 17.0 Å². The summed E-state index contributed by atoms with van der Waals surface area (Å²) in [5.74, 6) is 0. The average molecular weight is 363 g/mol. The number of nitro benzene ring substituents is 1. The van der Waals surface area contributed by atoms with Crippen LogP contribution in [-0.4, -0.2) is 24.2 Å². The highest BCUT2D eigenvalue weighted by Gasteiger charge is 2.30. The van der Waals surface area contributed by atoms with E-state index in [1.165, 1.54) is 12.1 Å². The fourth-order valence-electron chi connectivity index (χ4n) is 2.27. The van der Waals surface area contributed by atoms with Gasteiger partial charge in [0.15, 0.2) is 0 Å². The third kappa shape index (κ3) is 3.18. The van der Waals surface area contributed by atoms with Crippen LogP contribution in [0.15, 0.2) is 23.1 Å². The molecule has 1 fully saturated rings. The van der Waals surface area contributed by atoms with Crippen molar-refractivity contribution in [3.05, 3.63) is 33.9 Å². The highest BCUT2D eigenvalue weighted by atomic mass is 79.9. The summed E-state index contributed by atoms with van der Waals surface area (Å²) in [5, 5.41) is 10.9. The first-order valence-electron chi connectivity index (χ1n) is 6.23. The third-order valence-electron chi connectivity index (χ3n) is 3.43. The van der Waals surface area contributed by atoms with Crippen LogP contribution in [0.4, 0.5) is 5.69 Å². The highest BCUT2D eigenvalue weighted by molar-refractivity contribution is 9.09. The van der Waals surface area contributed by atoms with Gasteiger partial charge in [0.05, 0.1) is 9.82 Å². The Morgan fingerprint density at radius 3 is 2.65 bits per heavy atom. The number of nitrogens with zero attached hydrogens (tertiary/aromatic N) is 1. The largest absolute Gasteiger partial charge is 0.273 e. The first-order valence-corrected chi connectivity index (χ1v) is 8.62. The maximum atomic E-state index is 12.3. The Hall–Kier alpha value is -0.990. The number of halogens is 1. The molecule has 1 aromatic carbocycles. The molecule has 0 heterocycles. The fraction of sp³-hybridized carbons (Fsp3) is 0.500. The lowest BCUT2D eigenvalue weighted by atomic mass is 10.2. The van der Waals surface area contributed by atoms with Crippen LogP contribution in [0.25, 0.3) is 0 Å². The van der Waals surface area contributed by atoms with Gasteiger partial charge in [0.25, 0.3) is 5.69 Å². The summed E-state index contributed by atoms with van der Waals surface area (Å²) in [6.07, 6.45) is 2.64. The SMILES string of the molecule is Cc1ccc(S(=O)(=O)NC2CCCC2Br)cc1[N+](=O)[O-]. The molecule has 0 aromatic heterocycles. The van der Waals surface area contributed by atoms with Gasteiger partial charge >= 0.3 is 0 Å². The van der Waals surface area contributed by atoms with Gasteiger partial charge in [-0.25, -0.2) is 13.1 Å². The molecular weight excluding hydrogens is 348 g/mol. The van der Waals surface area contributed by atoms with Crippen molar-refractivity contribution in [3.63, 3.8) is 0 Å². The van der Waals surface area contributed by atoms with Gasteiger partial charge in [0, 0.05) is 22.5 Å². The van der Waals surface area contributed by atoms with Crippen molar-refractivity contribution in [1.82, 2.24) is 4.72 Å². The molecule has 1 aromatic rings. The zero-order chi connectivity index (χ0) is 14.9. The number of nitrogens with one attached hydrogen (secondary N) is 1. The Morgan fingerprint density at radius 2 is 2.10 bits per heavy atom. The molecule has 1 aliphatic carbocycles. The number of rotatable bonds is 4. The van der Waals surface area contributed by atoms with Crippen molar-refractivity contribution < 1.29 is 13.3 Å². The third-order valence-corrected chi connectivity index (χ3v) is 6.01. The lowest BCUT2D eigenvalue weighted by Gasteiger charge is -2.16. The van der Waals surface area contributed by atoms with Crippen LogP contribution in [0.2, 0.25) is 0 Å². The van der Waals surface area contributed by atoms with E-state index in [1.807, 2.05) is 0 Å². The second-order valence-corrected chi connectivity index (χ2v) is 7.77. The fourth-order valence-corrected chi connectivity index (χ4v) is 4.49. The Balaban J connectivity index is 2.30. The standard InChI is InChI=1S/C12H15BrN2O4S/c1-8-5-6-9(7-12(8)15(16)17)20(18,19)14-11-4-2-3-10(11)13/h5-7,10-11,14H,2-4H2,1H3. The topological polar surface area (TPSA) is 89.3 Å². The lowest BCUT2D eigenvalue weighted by Crippen LogP contribution is -2.37. The maximum Gasteiger partial charge on any atom is 0.273 e. The number of alkyl halides is 1. The number of aryl methyl sites for hydroxylation is 1. The second-order valence-electron chi connectivity index (χ2n) is 4.88. The minimum atomic E-state index is -3.73. The van der Waals surface area contributed by atoms with E-state index >= 15 is 0 Å². The van der Waals surface area contributed by atoms with Gasteiger partial charge in [-0.05, 0) is 25.8 Å². The smallest absolute Gasteiger partial charge is 0.258 e. The average Bonchev–Trinajstić information content (AvgIpc) is 2.74. The Morgan fingerprint density at radius 1 is 1.40 bits per heavy atom. The van der Waals surface area contributed by atoms with E-state index in [2.05, 4.69) is 20.7 Å². The van der Waals surface area contributed by atoms with E-state index in [-0.39, 0.29) is 21.5 Å². The molecule has 8 heteroatoms. The van der Waals surface area contributed by atoms with Crippen molar-refractivity contribution in [2.75, 3.05) is 0 Å². The monoisotopic (exact) mass is 362 g/mol. The predicted octanol–water partition coefficient (Wildman–Crippen LogP) is 2.50. The molecule has 0 spiro atoms. The summed E-state index contributed by atoms with van der Waals surface area (Å²) in [4.78, 5) is 10.3. The molecule has 0 bridgehead atoms. The summed E-state index contributed by atoms with van der Waals surface area (Å²) >= 11 is 3.44. The van der Waals surface area contributed by atoms with Gasteiger partial charge in [-0.2, -0.15) is 0 Å². The van der Waals surface area contributed by atoms with E-state index in [1.54, 1.807) is 6.92 Å². The second kappa shape index (κ2) is 5.79. The molecule has 0 radical (unpaired) electrons. The number of hydrogen-bond donors (Lipinski definition) is 1. The van der Waals surface area contributed by atoms with E-state index in [4.69, 9.17) is 0 Å². The molecule has 0 amide bonds. The molecule has 20 heavy (non-hydrogen) atoms. The molecular formula is C12H15BrN2O4S. The van der Waals surface area contributed by atoms with Gasteiger partial charge in [-0.1, -0.05) is 28.4 Å². The zero-order valence-electron chi connectivity index (χ0n) is 10.9. The Bertz CT molecular complexity index is 632. The number of sulfonamides is 1. The minimum Gasteiger partial charge on any atom is -0.258 e. The predicted molar refractivity (Wildman–Crippen MR) is 78.5 cm³/mol. The van der Waals surface area contributed by atoms with Crippen molar-refractivity contribution in [1.29, 1.82) is 0 Å². The van der Waals surface area contributed by atoms with Gasteiger partial charge in [0.2, 0.25) is 10.0 Å². The molecule has 6 nitrogen and oxygen atoms in total. The zero-order valence-corrected chi connectivity index (χ0v) is 13.3. The van der Waals surface area contributed by atoms with Crippen LogP contribution in [-0.2, 0) is 10.0 Å². The van der Waals surface area contributed by atoms with E-state index < -0.39 is 14.9 Å². The van der Waals surface area contributed by atoms with Crippen molar-refractivity contribution in [2.45, 2.75) is 42.0 Å². The van der Waals surface area contributed by atoms with Crippen molar-refractivity contribution in [3.8, 4) is 0 Å². The van der Waals surface area contributed by atoms with Gasteiger partial charge in [-0.15, -0.1) is 0 Å². The van der Waals surface area contributed by atoms with Crippen LogP contribution >= 0.6 is 15.9 Å². The Kier molecular flexibility index (Phi) is 4.46. The van der Waals surface area contributed by atoms with E-state index in [9.17, 15) is 18.5 Å². The first kappa shape index (κ1) is 15.4. The molecule has 1 saturated carbocycles. The van der Waals surface area contributed by atoms with Crippen LogP contribution < -0.4 is 4.72 Å². The molecule has 110 valence electrons. The normalized spacial score (nSPS) is 22.9. The number of hydrogen-bond acceptors (Lipinski definition) is 4. The minimum absolute atomic E-state index is 0.0681. The number of nitro groups is 1. The summed E-state index contributed by atoms with van der Waals surface area (Å²) in [7, 11) is -3.73. The summed E-state index contributed by atoms with van der Waals surface area (Å²) in [5.41, 5.74) is 0.253. The first-order chi connectivity index (χ1) is 9.31. The molecule has 1 aliphatic rings. The summed E-state index contributed by atoms with van der Waals surface area (Å²) in [6, 6.07) is 3.78. The molecule has 0 aliphatic heterocycles. The molecule has 0 saturated heterocycles. The molecule has 2 rings (SSSR count). The van der Waals surface area contributed by atoms with Crippen LogP contribution in [0.5, 0.6) is 0 Å².